The number of ether oxygens (including phenoxy) is 1. The van der Waals surface area contributed by atoms with Gasteiger partial charge < -0.3 is 14.5 Å². The lowest BCUT2D eigenvalue weighted by Gasteiger charge is -2.37. The number of unbranched alkanes of at least 4 members (excludes halogenated alkanes) is 1. The second-order valence-corrected chi connectivity index (χ2v) is 9.95. The molecular formula is C31H37ClN4O3. The summed E-state index contributed by atoms with van der Waals surface area (Å²) in [7, 11) is 3.31. The number of nitrogens with zero attached hydrogens (tertiary/aromatic N) is 4. The highest BCUT2D eigenvalue weighted by atomic mass is 35.5. The summed E-state index contributed by atoms with van der Waals surface area (Å²) < 4.78 is 5.54. The fraction of sp³-hybridized carbons (Fsp3) is 0.355. The van der Waals surface area contributed by atoms with Crippen LogP contribution in [0.1, 0.15) is 24.0 Å². The van der Waals surface area contributed by atoms with E-state index in [1.807, 2.05) is 72.8 Å². The predicted octanol–water partition coefficient (Wildman–Crippen LogP) is 4.86. The molecule has 7 nitrogen and oxygen atoms in total. The summed E-state index contributed by atoms with van der Waals surface area (Å²) in [6, 6.07) is 27.3. The fourth-order valence-electron chi connectivity index (χ4n) is 5.83. The van der Waals surface area contributed by atoms with Gasteiger partial charge in [0.2, 0.25) is 0 Å². The number of benzene rings is 3. The highest BCUT2D eigenvalue weighted by Gasteiger charge is 2.57. The van der Waals surface area contributed by atoms with E-state index in [-0.39, 0.29) is 24.3 Å². The first-order valence-electron chi connectivity index (χ1n) is 13.4. The van der Waals surface area contributed by atoms with E-state index in [0.717, 1.165) is 68.1 Å². The molecule has 3 amide bonds. The van der Waals surface area contributed by atoms with Crippen molar-refractivity contribution in [2.75, 3.05) is 58.3 Å². The van der Waals surface area contributed by atoms with Gasteiger partial charge >= 0.3 is 6.03 Å². The Labute approximate surface area is 237 Å². The maximum absolute atomic E-state index is 13.8. The number of para-hydroxylation sites is 2. The molecule has 2 heterocycles. The lowest BCUT2D eigenvalue weighted by atomic mass is 9.81. The van der Waals surface area contributed by atoms with Gasteiger partial charge in [-0.25, -0.2) is 4.79 Å². The first-order valence-corrected chi connectivity index (χ1v) is 13.4. The number of piperazine rings is 1. The lowest BCUT2D eigenvalue weighted by molar-refractivity contribution is -0.131. The molecule has 8 heteroatoms. The van der Waals surface area contributed by atoms with Gasteiger partial charge in [0.05, 0.1) is 12.8 Å². The number of urea groups is 1. The van der Waals surface area contributed by atoms with Crippen LogP contribution in [0.25, 0.3) is 0 Å². The average molecular weight is 549 g/mol. The number of imide groups is 1. The molecule has 2 saturated heterocycles. The van der Waals surface area contributed by atoms with Crippen LogP contribution >= 0.6 is 12.4 Å². The van der Waals surface area contributed by atoms with E-state index in [4.69, 9.17) is 4.74 Å². The minimum atomic E-state index is -1.14. The van der Waals surface area contributed by atoms with Crippen molar-refractivity contribution >= 4 is 30.0 Å². The molecule has 0 atom stereocenters. The molecule has 2 aliphatic heterocycles. The monoisotopic (exact) mass is 548 g/mol. The van der Waals surface area contributed by atoms with Gasteiger partial charge in [-0.1, -0.05) is 72.8 Å². The molecule has 2 aliphatic rings. The average Bonchev–Trinajstić information content (AvgIpc) is 3.17. The van der Waals surface area contributed by atoms with Crippen LogP contribution in [-0.2, 0) is 10.3 Å². The van der Waals surface area contributed by atoms with Crippen molar-refractivity contribution in [1.82, 2.24) is 14.7 Å². The van der Waals surface area contributed by atoms with Crippen molar-refractivity contribution in [2.45, 2.75) is 18.4 Å². The Balaban J connectivity index is 0.00000353. The Morgan fingerprint density at radius 3 is 1.87 bits per heavy atom. The number of rotatable bonds is 9. The quantitative estimate of drug-likeness (QED) is 0.282. The molecule has 0 aromatic heterocycles. The second kappa shape index (κ2) is 12.5. The minimum Gasteiger partial charge on any atom is -0.495 e. The standard InChI is InChI=1S/C31H36N4O3.ClH/c1-32-29(36)31(25-13-5-3-6-14-25,26-15-7-4-8-16-26)35(30(32)37)20-12-11-19-33-21-23-34(24-22-33)27-17-9-10-18-28(27)38-2;/h3-10,13-18H,11-12,19-24H2,1-2H3;1H. The molecule has 5 rings (SSSR count). The van der Waals surface area contributed by atoms with Crippen molar-refractivity contribution < 1.29 is 14.3 Å². The van der Waals surface area contributed by atoms with Crippen molar-refractivity contribution in [1.29, 1.82) is 0 Å². The first-order chi connectivity index (χ1) is 18.6. The topological polar surface area (TPSA) is 56.3 Å². The van der Waals surface area contributed by atoms with Gasteiger partial charge in [0.15, 0.2) is 5.54 Å². The van der Waals surface area contributed by atoms with Crippen LogP contribution in [0.2, 0.25) is 0 Å². The summed E-state index contributed by atoms with van der Waals surface area (Å²) in [6.07, 6.45) is 1.77. The Morgan fingerprint density at radius 2 is 1.28 bits per heavy atom. The van der Waals surface area contributed by atoms with Gasteiger partial charge in [0.1, 0.15) is 5.75 Å². The SMILES string of the molecule is COc1ccccc1N1CCN(CCCCN2C(=O)N(C)C(=O)C2(c2ccccc2)c2ccccc2)CC1.Cl. The van der Waals surface area contributed by atoms with Crippen LogP contribution in [-0.4, -0.2) is 80.1 Å². The van der Waals surface area contributed by atoms with Crippen molar-refractivity contribution in [3.05, 3.63) is 96.1 Å². The summed E-state index contributed by atoms with van der Waals surface area (Å²) in [6.45, 7) is 5.36. The van der Waals surface area contributed by atoms with E-state index in [1.165, 1.54) is 4.90 Å². The summed E-state index contributed by atoms with van der Waals surface area (Å²) >= 11 is 0. The van der Waals surface area contributed by atoms with Gasteiger partial charge in [0, 0.05) is 39.8 Å². The minimum absolute atomic E-state index is 0. The van der Waals surface area contributed by atoms with Crippen molar-refractivity contribution in [3.8, 4) is 5.75 Å². The van der Waals surface area contributed by atoms with E-state index >= 15 is 0 Å². The Morgan fingerprint density at radius 1 is 0.744 bits per heavy atom. The molecule has 3 aromatic rings. The van der Waals surface area contributed by atoms with Gasteiger partial charge in [0.25, 0.3) is 5.91 Å². The number of hydrogen-bond acceptors (Lipinski definition) is 5. The molecule has 0 unspecified atom stereocenters. The zero-order valence-corrected chi connectivity index (χ0v) is 23.5. The number of methoxy groups -OCH3 is 1. The van der Waals surface area contributed by atoms with Crippen LogP contribution < -0.4 is 9.64 Å². The third-order valence-electron chi connectivity index (χ3n) is 7.82. The number of likely N-dealkylation sites (N-methyl/N-ethyl adjacent to an activating group) is 1. The van der Waals surface area contributed by atoms with Gasteiger partial charge in [-0.2, -0.15) is 0 Å². The van der Waals surface area contributed by atoms with Crippen molar-refractivity contribution in [3.63, 3.8) is 0 Å². The van der Waals surface area contributed by atoms with Crippen LogP contribution in [0, 0.1) is 0 Å². The van der Waals surface area contributed by atoms with Crippen molar-refractivity contribution in [2.24, 2.45) is 0 Å². The summed E-state index contributed by atoms with van der Waals surface area (Å²) in [5.41, 5.74) is 1.64. The molecule has 0 saturated carbocycles. The molecule has 0 bridgehead atoms. The molecule has 39 heavy (non-hydrogen) atoms. The van der Waals surface area contributed by atoms with E-state index in [9.17, 15) is 9.59 Å². The van der Waals surface area contributed by atoms with Crippen LogP contribution in [0.5, 0.6) is 5.75 Å². The third-order valence-corrected chi connectivity index (χ3v) is 7.82. The van der Waals surface area contributed by atoms with Crippen LogP contribution in [0.15, 0.2) is 84.9 Å². The predicted molar refractivity (Wildman–Crippen MR) is 157 cm³/mol. The maximum atomic E-state index is 13.8. The van der Waals surface area contributed by atoms with E-state index in [1.54, 1.807) is 19.1 Å². The number of anilines is 1. The molecule has 3 aromatic carbocycles. The zero-order valence-electron chi connectivity index (χ0n) is 22.7. The van der Waals surface area contributed by atoms with Crippen LogP contribution in [0.4, 0.5) is 10.5 Å². The zero-order chi connectivity index (χ0) is 26.5. The number of carbonyl (C=O) groups is 2. The van der Waals surface area contributed by atoms with E-state index in [0.29, 0.717) is 6.54 Å². The smallest absolute Gasteiger partial charge is 0.327 e. The highest BCUT2D eigenvalue weighted by molar-refractivity contribution is 6.09. The number of hydrogen-bond donors (Lipinski definition) is 0. The van der Waals surface area contributed by atoms with Gasteiger partial charge in [-0.05, 0) is 42.6 Å². The maximum Gasteiger partial charge on any atom is 0.327 e. The fourth-order valence-corrected chi connectivity index (χ4v) is 5.83. The summed E-state index contributed by atoms with van der Waals surface area (Å²) in [5, 5.41) is 0. The largest absolute Gasteiger partial charge is 0.495 e. The molecule has 0 spiro atoms. The number of amides is 3. The normalized spacial score (nSPS) is 17.3. The number of carbonyl (C=O) groups excluding carboxylic acids is 2. The highest BCUT2D eigenvalue weighted by Crippen LogP contribution is 2.42. The summed E-state index contributed by atoms with van der Waals surface area (Å²) in [4.78, 5) is 35.1. The Hall–Kier alpha value is -3.55. The van der Waals surface area contributed by atoms with Gasteiger partial charge in [-0.15, -0.1) is 12.4 Å². The molecule has 0 aliphatic carbocycles. The third kappa shape index (κ3) is 5.34. The Kier molecular flexibility index (Phi) is 9.15. The van der Waals surface area contributed by atoms with E-state index < -0.39 is 5.54 Å². The lowest BCUT2D eigenvalue weighted by Crippen LogP contribution is -2.48. The van der Waals surface area contributed by atoms with Crippen LogP contribution in [0.3, 0.4) is 0 Å². The van der Waals surface area contributed by atoms with Gasteiger partial charge in [-0.3, -0.25) is 14.6 Å². The molecule has 2 fully saturated rings. The second-order valence-electron chi connectivity index (χ2n) is 9.95. The molecular weight excluding hydrogens is 512 g/mol. The first kappa shape index (κ1) is 28.5. The summed E-state index contributed by atoms with van der Waals surface area (Å²) in [5.74, 6) is 0.712. The Bertz CT molecular complexity index is 1210. The molecule has 0 N–H and O–H groups in total. The van der Waals surface area contributed by atoms with E-state index in [2.05, 4.69) is 21.9 Å². The number of halogens is 1. The molecule has 206 valence electrons. The molecule has 0 radical (unpaired) electrons.